The molecule has 166 valence electrons. The molecule has 0 unspecified atom stereocenters. The Morgan fingerprint density at radius 2 is 1.84 bits per heavy atom. The summed E-state index contributed by atoms with van der Waals surface area (Å²) in [5.41, 5.74) is 12.7. The summed E-state index contributed by atoms with van der Waals surface area (Å²) >= 11 is 0. The molecule has 9 nitrogen and oxygen atoms in total. The molecule has 0 bridgehead atoms. The average Bonchev–Trinajstić information content (AvgIpc) is 3.21. The molecule has 0 radical (unpaired) electrons. The van der Waals surface area contributed by atoms with E-state index in [-0.39, 0.29) is 17.8 Å². The largest absolute Gasteiger partial charge is 0.475 e. The third-order valence-corrected chi connectivity index (χ3v) is 6.63. The van der Waals surface area contributed by atoms with Crippen molar-refractivity contribution in [3.8, 4) is 0 Å². The van der Waals surface area contributed by atoms with Crippen LogP contribution in [0.25, 0.3) is 11.0 Å². The smallest absolute Gasteiger partial charge is 0.371 e. The van der Waals surface area contributed by atoms with Gasteiger partial charge in [0.2, 0.25) is 15.8 Å². The Morgan fingerprint density at radius 3 is 2.42 bits per heavy atom. The molecule has 2 aromatic heterocycles. The maximum atomic E-state index is 12.2. The van der Waals surface area contributed by atoms with Crippen molar-refractivity contribution in [1.29, 1.82) is 0 Å². The number of furan rings is 1. The summed E-state index contributed by atoms with van der Waals surface area (Å²) in [6, 6.07) is 10.1. The van der Waals surface area contributed by atoms with Crippen molar-refractivity contribution < 1.29 is 22.7 Å². The fraction of sp³-hybridized carbons (Fsp3) is 0.333. The third kappa shape index (κ3) is 6.11. The molecule has 2 heterocycles. The number of carboxylic acid groups (broad SMARTS) is 1. The molecule has 0 spiro atoms. The minimum absolute atomic E-state index is 0.000940. The minimum Gasteiger partial charge on any atom is -0.475 e. The van der Waals surface area contributed by atoms with Crippen molar-refractivity contribution in [2.45, 2.75) is 49.2 Å². The lowest BCUT2D eigenvalue weighted by Crippen LogP contribution is -2.40. The van der Waals surface area contributed by atoms with Crippen molar-refractivity contribution in [3.63, 3.8) is 0 Å². The highest BCUT2D eigenvalue weighted by Crippen LogP contribution is 2.20. The van der Waals surface area contributed by atoms with Crippen LogP contribution >= 0.6 is 0 Å². The second-order valence-corrected chi connectivity index (χ2v) is 9.12. The number of nitrogens with one attached hydrogen (secondary N) is 1. The zero-order valence-corrected chi connectivity index (χ0v) is 17.7. The Morgan fingerprint density at radius 1 is 1.16 bits per heavy atom. The quantitative estimate of drug-likeness (QED) is 0.464. The first kappa shape index (κ1) is 22.9. The number of nitrogens with two attached hydrogens (primary N) is 2. The molecule has 1 aromatic carbocycles. The molecule has 6 N–H and O–H groups in total. The number of fused-ring (bicyclic) bond motifs is 1. The normalized spacial score (nSPS) is 18.9. The zero-order valence-electron chi connectivity index (χ0n) is 16.9. The first-order valence-electron chi connectivity index (χ1n) is 9.92. The second-order valence-electron chi connectivity index (χ2n) is 7.41. The number of rotatable bonds is 5. The maximum absolute atomic E-state index is 12.2. The van der Waals surface area contributed by atoms with Gasteiger partial charge in [-0.2, -0.15) is 0 Å². The molecule has 0 atom stereocenters. The van der Waals surface area contributed by atoms with E-state index in [9.17, 15) is 13.2 Å². The number of pyridine rings is 1. The summed E-state index contributed by atoms with van der Waals surface area (Å²) in [6.45, 7) is 0.411. The fourth-order valence-electron chi connectivity index (χ4n) is 3.32. The number of benzene rings is 1. The highest BCUT2D eigenvalue weighted by Gasteiger charge is 2.24. The highest BCUT2D eigenvalue weighted by atomic mass is 32.2. The first-order chi connectivity index (χ1) is 14.8. The van der Waals surface area contributed by atoms with Crippen molar-refractivity contribution >= 4 is 27.0 Å². The van der Waals surface area contributed by atoms with Gasteiger partial charge in [-0.1, -0.05) is 12.1 Å². The summed E-state index contributed by atoms with van der Waals surface area (Å²) in [7, 11) is -3.43. The molecule has 3 aromatic rings. The maximum Gasteiger partial charge on any atom is 0.371 e. The van der Waals surface area contributed by atoms with E-state index in [2.05, 4.69) is 9.71 Å². The van der Waals surface area contributed by atoms with Crippen LogP contribution in [0.5, 0.6) is 0 Å². The van der Waals surface area contributed by atoms with Gasteiger partial charge >= 0.3 is 5.97 Å². The van der Waals surface area contributed by atoms with Crippen LogP contribution in [0.4, 0.5) is 0 Å². The number of aromatic nitrogens is 1. The predicted octanol–water partition coefficient (Wildman–Crippen LogP) is 2.22. The van der Waals surface area contributed by atoms with E-state index in [0.717, 1.165) is 36.6 Å². The minimum atomic E-state index is -3.43. The third-order valence-electron chi connectivity index (χ3n) is 5.10. The predicted molar refractivity (Wildman–Crippen MR) is 116 cm³/mol. The molecule has 31 heavy (non-hydrogen) atoms. The Bertz CT molecular complexity index is 1090. The number of nitrogens with zero attached hydrogens (tertiary/aromatic N) is 1. The van der Waals surface area contributed by atoms with Gasteiger partial charge in [-0.25, -0.2) is 17.9 Å². The monoisotopic (exact) mass is 446 g/mol. The van der Waals surface area contributed by atoms with Crippen LogP contribution in [0.1, 0.15) is 41.8 Å². The fourth-order valence-corrected chi connectivity index (χ4v) is 4.62. The van der Waals surface area contributed by atoms with Gasteiger partial charge < -0.3 is 21.0 Å². The van der Waals surface area contributed by atoms with E-state index >= 15 is 0 Å². The number of aromatic carboxylic acids is 1. The average molecular weight is 447 g/mol. The summed E-state index contributed by atoms with van der Waals surface area (Å²) in [4.78, 5) is 14.5. The van der Waals surface area contributed by atoms with Crippen molar-refractivity contribution in [2.24, 2.45) is 11.5 Å². The van der Waals surface area contributed by atoms with E-state index in [4.69, 9.17) is 21.0 Å². The van der Waals surface area contributed by atoms with Gasteiger partial charge in [-0.05, 0) is 55.5 Å². The van der Waals surface area contributed by atoms with Crippen molar-refractivity contribution in [2.75, 3.05) is 0 Å². The van der Waals surface area contributed by atoms with E-state index in [0.29, 0.717) is 17.0 Å². The lowest BCUT2D eigenvalue weighted by Gasteiger charge is -2.26. The first-order valence-corrected chi connectivity index (χ1v) is 11.4. The summed E-state index contributed by atoms with van der Waals surface area (Å²) in [6.07, 6.45) is 6.44. The molecular weight excluding hydrogens is 420 g/mol. The van der Waals surface area contributed by atoms with Crippen molar-refractivity contribution in [1.82, 2.24) is 9.71 Å². The Hall–Kier alpha value is -2.79. The van der Waals surface area contributed by atoms with E-state index in [1.807, 2.05) is 0 Å². The number of sulfonamides is 1. The second kappa shape index (κ2) is 10.0. The van der Waals surface area contributed by atoms with Gasteiger partial charge in [-0.15, -0.1) is 0 Å². The molecule has 1 saturated carbocycles. The lowest BCUT2D eigenvalue weighted by atomic mass is 9.93. The Balaban J connectivity index is 0.000000194. The number of carboxylic acids is 1. The topological polar surface area (TPSA) is 162 Å². The van der Waals surface area contributed by atoms with Crippen LogP contribution in [0, 0.1) is 0 Å². The summed E-state index contributed by atoms with van der Waals surface area (Å²) in [5.74, 6) is -1.12. The van der Waals surface area contributed by atoms with E-state index in [1.54, 1.807) is 36.5 Å². The van der Waals surface area contributed by atoms with Crippen LogP contribution in [0.3, 0.4) is 0 Å². The zero-order chi connectivity index (χ0) is 22.4. The van der Waals surface area contributed by atoms with Crippen LogP contribution in [-0.2, 0) is 16.6 Å². The van der Waals surface area contributed by atoms with Crippen LogP contribution < -0.4 is 16.2 Å². The van der Waals surface area contributed by atoms with Crippen LogP contribution in [0.15, 0.2) is 58.1 Å². The SMILES string of the molecule is NCc1ccc(S(=O)(=O)NC2CCC(N)CC2)cc1.O=C(O)c1cc2ccncc2o1. The highest BCUT2D eigenvalue weighted by molar-refractivity contribution is 7.89. The molecule has 0 aliphatic heterocycles. The van der Waals surface area contributed by atoms with Gasteiger partial charge in [0, 0.05) is 30.2 Å². The number of carbonyl (C=O) groups is 1. The lowest BCUT2D eigenvalue weighted by molar-refractivity contribution is 0.0665. The van der Waals surface area contributed by atoms with Gasteiger partial charge in [0.1, 0.15) is 0 Å². The molecule has 1 aliphatic rings. The van der Waals surface area contributed by atoms with Gasteiger partial charge in [0.15, 0.2) is 5.58 Å². The van der Waals surface area contributed by atoms with E-state index < -0.39 is 16.0 Å². The molecule has 10 heteroatoms. The molecule has 1 fully saturated rings. The summed E-state index contributed by atoms with van der Waals surface area (Å²) in [5, 5.41) is 9.32. The standard InChI is InChI=1S/C13H21N3O2S.C8H5NO3/c14-9-10-1-7-13(8-2-10)19(17,18)16-12-5-3-11(15)4-6-12;10-8(11)6-3-5-1-2-9-4-7(5)12-6/h1-2,7-8,11-12,16H,3-6,9,14-15H2;1-4H,(H,10,11). The van der Waals surface area contributed by atoms with Crippen LogP contribution in [0.2, 0.25) is 0 Å². The van der Waals surface area contributed by atoms with Crippen molar-refractivity contribution in [3.05, 3.63) is 60.1 Å². The van der Waals surface area contributed by atoms with Crippen LogP contribution in [-0.4, -0.2) is 36.6 Å². The van der Waals surface area contributed by atoms with Gasteiger partial charge in [-0.3, -0.25) is 4.98 Å². The molecule has 0 amide bonds. The van der Waals surface area contributed by atoms with E-state index in [1.165, 1.54) is 12.3 Å². The molecule has 1 aliphatic carbocycles. The van der Waals surface area contributed by atoms with Gasteiger partial charge in [0.25, 0.3) is 0 Å². The molecule has 0 saturated heterocycles. The Kier molecular flexibility index (Phi) is 7.39. The molecular formula is C21H26N4O5S. The summed E-state index contributed by atoms with van der Waals surface area (Å²) < 4.78 is 32.1. The number of hydrogen-bond donors (Lipinski definition) is 4. The molecule has 4 rings (SSSR count). The Labute approximate surface area is 180 Å². The number of hydrogen-bond acceptors (Lipinski definition) is 7. The van der Waals surface area contributed by atoms with Gasteiger partial charge in [0.05, 0.1) is 11.1 Å².